The Morgan fingerprint density at radius 3 is 2.71 bits per heavy atom. The number of amides is 2. The number of fused-ring (bicyclic) bond motifs is 1. The van der Waals surface area contributed by atoms with E-state index in [1.54, 1.807) is 0 Å². The summed E-state index contributed by atoms with van der Waals surface area (Å²) in [4.78, 5) is 31.7. The molecular formula is C20H36N6O2. The topological polar surface area (TPSA) is 126 Å². The molecule has 0 aromatic carbocycles. The number of guanidine groups is 1. The van der Waals surface area contributed by atoms with Gasteiger partial charge in [-0.3, -0.25) is 14.6 Å². The summed E-state index contributed by atoms with van der Waals surface area (Å²) in [6, 6.07) is -0.428. The van der Waals surface area contributed by atoms with Crippen LogP contribution in [-0.2, 0) is 9.59 Å². The number of piperidine rings is 1. The fourth-order valence-corrected chi connectivity index (χ4v) is 5.14. The monoisotopic (exact) mass is 392 g/mol. The predicted molar refractivity (Wildman–Crippen MR) is 110 cm³/mol. The van der Waals surface area contributed by atoms with Crippen molar-refractivity contribution in [3.8, 4) is 0 Å². The first-order valence-corrected chi connectivity index (χ1v) is 10.9. The van der Waals surface area contributed by atoms with Crippen LogP contribution in [0.25, 0.3) is 0 Å². The summed E-state index contributed by atoms with van der Waals surface area (Å²) in [6.45, 7) is 2.76. The van der Waals surface area contributed by atoms with Crippen LogP contribution < -0.4 is 22.1 Å². The van der Waals surface area contributed by atoms with Crippen molar-refractivity contribution < 1.29 is 9.59 Å². The van der Waals surface area contributed by atoms with Gasteiger partial charge in [0, 0.05) is 19.6 Å². The molecule has 1 aliphatic carbocycles. The minimum absolute atomic E-state index is 0.0244. The summed E-state index contributed by atoms with van der Waals surface area (Å²) >= 11 is 0. The summed E-state index contributed by atoms with van der Waals surface area (Å²) < 4.78 is 0. The van der Waals surface area contributed by atoms with Gasteiger partial charge in [-0.1, -0.05) is 19.3 Å². The first kappa shape index (κ1) is 20.9. The first-order valence-electron chi connectivity index (χ1n) is 10.9. The van der Waals surface area contributed by atoms with E-state index in [0.29, 0.717) is 31.5 Å². The number of hydrogen-bond donors (Lipinski definition) is 4. The average Bonchev–Trinajstić information content (AvgIpc) is 3.19. The number of nitrogens with one attached hydrogen (secondary N) is 2. The number of likely N-dealkylation sites (tertiary alicyclic amines) is 1. The lowest BCUT2D eigenvalue weighted by atomic mass is 9.71. The molecule has 0 spiro atoms. The molecule has 2 heterocycles. The molecule has 2 aliphatic heterocycles. The van der Waals surface area contributed by atoms with Crippen molar-refractivity contribution in [1.82, 2.24) is 15.5 Å². The highest BCUT2D eigenvalue weighted by atomic mass is 16.2. The van der Waals surface area contributed by atoms with E-state index >= 15 is 0 Å². The van der Waals surface area contributed by atoms with Crippen molar-refractivity contribution in [2.24, 2.45) is 28.3 Å². The van der Waals surface area contributed by atoms with Crippen LogP contribution >= 0.6 is 0 Å². The van der Waals surface area contributed by atoms with E-state index in [4.69, 9.17) is 11.5 Å². The van der Waals surface area contributed by atoms with E-state index in [1.165, 1.54) is 25.7 Å². The second kappa shape index (κ2) is 10.1. The number of aliphatic imine (C=N–C) groups is 1. The molecular weight excluding hydrogens is 356 g/mol. The zero-order chi connectivity index (χ0) is 19.9. The molecule has 3 aliphatic rings. The molecule has 0 bridgehead atoms. The zero-order valence-electron chi connectivity index (χ0n) is 16.9. The van der Waals surface area contributed by atoms with Crippen LogP contribution in [0.3, 0.4) is 0 Å². The molecule has 6 N–H and O–H groups in total. The highest BCUT2D eigenvalue weighted by Gasteiger charge is 2.43. The van der Waals surface area contributed by atoms with E-state index in [1.807, 2.05) is 4.90 Å². The SMILES string of the molecule is NC(N)=NCCCCNC(=O)[C@@H]1CCCN1C(=O)[C@@H]1NCCC2CCCC[C@H]21. The summed E-state index contributed by atoms with van der Waals surface area (Å²) in [5.74, 6) is 1.32. The Morgan fingerprint density at radius 2 is 1.89 bits per heavy atom. The normalized spacial score (nSPS) is 29.8. The van der Waals surface area contributed by atoms with Crippen LogP contribution in [0.2, 0.25) is 0 Å². The fourth-order valence-electron chi connectivity index (χ4n) is 5.14. The fraction of sp³-hybridized carbons (Fsp3) is 0.850. The van der Waals surface area contributed by atoms with Gasteiger partial charge in [0.25, 0.3) is 0 Å². The van der Waals surface area contributed by atoms with Crippen LogP contribution in [0.5, 0.6) is 0 Å². The Hall–Kier alpha value is -1.83. The molecule has 4 atom stereocenters. The van der Waals surface area contributed by atoms with Gasteiger partial charge in [-0.25, -0.2) is 0 Å². The van der Waals surface area contributed by atoms with Crippen molar-refractivity contribution in [2.75, 3.05) is 26.2 Å². The van der Waals surface area contributed by atoms with Crippen LogP contribution in [0.15, 0.2) is 4.99 Å². The largest absolute Gasteiger partial charge is 0.370 e. The van der Waals surface area contributed by atoms with Crippen LogP contribution in [0.1, 0.15) is 57.8 Å². The van der Waals surface area contributed by atoms with E-state index in [-0.39, 0.29) is 29.9 Å². The number of carbonyl (C=O) groups is 2. The molecule has 2 amide bonds. The predicted octanol–water partition coefficient (Wildman–Crippen LogP) is 0.316. The molecule has 8 nitrogen and oxygen atoms in total. The minimum atomic E-state index is -0.323. The number of rotatable bonds is 7. The standard InChI is InChI=1S/C20H36N6O2/c21-20(22)25-11-4-3-10-24-18(27)16-8-5-13-26(16)19(28)17-15-7-2-1-6-14(15)9-12-23-17/h14-17,23H,1-13H2,(H,24,27)(H4,21,22,25)/t14?,15-,16+,17-/m1/s1. The third-order valence-electron chi connectivity index (χ3n) is 6.56. The summed E-state index contributed by atoms with van der Waals surface area (Å²) in [5, 5.41) is 6.47. The zero-order valence-corrected chi connectivity index (χ0v) is 16.9. The molecule has 1 saturated carbocycles. The van der Waals surface area contributed by atoms with Crippen LogP contribution in [0, 0.1) is 11.8 Å². The summed E-state index contributed by atoms with van der Waals surface area (Å²) in [6.07, 6.45) is 9.36. The molecule has 3 rings (SSSR count). The van der Waals surface area contributed by atoms with E-state index in [2.05, 4.69) is 15.6 Å². The maximum absolute atomic E-state index is 13.3. The molecule has 28 heavy (non-hydrogen) atoms. The van der Waals surface area contributed by atoms with E-state index in [9.17, 15) is 9.59 Å². The molecule has 2 saturated heterocycles. The number of unbranched alkanes of at least 4 members (excludes halogenated alkanes) is 1. The highest BCUT2D eigenvalue weighted by Crippen LogP contribution is 2.37. The number of nitrogens with zero attached hydrogens (tertiary/aromatic N) is 2. The molecule has 1 unspecified atom stereocenters. The van der Waals surface area contributed by atoms with Gasteiger partial charge in [0.1, 0.15) is 6.04 Å². The minimum Gasteiger partial charge on any atom is -0.370 e. The Balaban J connectivity index is 1.49. The van der Waals surface area contributed by atoms with Crippen LogP contribution in [0.4, 0.5) is 0 Å². The van der Waals surface area contributed by atoms with E-state index in [0.717, 1.165) is 38.6 Å². The van der Waals surface area contributed by atoms with Crippen molar-refractivity contribution in [1.29, 1.82) is 0 Å². The van der Waals surface area contributed by atoms with Gasteiger partial charge < -0.3 is 27.0 Å². The van der Waals surface area contributed by atoms with Gasteiger partial charge in [0.15, 0.2) is 5.96 Å². The highest BCUT2D eigenvalue weighted by molar-refractivity contribution is 5.90. The van der Waals surface area contributed by atoms with Gasteiger partial charge in [0.05, 0.1) is 6.04 Å². The van der Waals surface area contributed by atoms with Crippen molar-refractivity contribution in [3.05, 3.63) is 0 Å². The molecule has 158 valence electrons. The third kappa shape index (κ3) is 5.16. The van der Waals surface area contributed by atoms with Gasteiger partial charge >= 0.3 is 0 Å². The number of nitrogens with two attached hydrogens (primary N) is 2. The summed E-state index contributed by atoms with van der Waals surface area (Å²) in [5.41, 5.74) is 10.6. The quantitative estimate of drug-likeness (QED) is 0.282. The lowest BCUT2D eigenvalue weighted by molar-refractivity contribution is -0.142. The molecule has 8 heteroatoms. The molecule has 0 aromatic rings. The average molecular weight is 393 g/mol. The number of hydrogen-bond acceptors (Lipinski definition) is 4. The van der Waals surface area contributed by atoms with Gasteiger partial charge in [-0.05, 0) is 56.9 Å². The van der Waals surface area contributed by atoms with Gasteiger partial charge in [0.2, 0.25) is 11.8 Å². The Kier molecular flexibility index (Phi) is 7.53. The van der Waals surface area contributed by atoms with Gasteiger partial charge in [-0.2, -0.15) is 0 Å². The van der Waals surface area contributed by atoms with Crippen molar-refractivity contribution >= 4 is 17.8 Å². The lowest BCUT2D eigenvalue weighted by Crippen LogP contribution is -2.58. The summed E-state index contributed by atoms with van der Waals surface area (Å²) in [7, 11) is 0. The third-order valence-corrected chi connectivity index (χ3v) is 6.56. The Bertz CT molecular complexity index is 575. The maximum atomic E-state index is 13.3. The van der Waals surface area contributed by atoms with Crippen LogP contribution in [-0.4, -0.2) is 60.9 Å². The first-order chi connectivity index (χ1) is 13.6. The maximum Gasteiger partial charge on any atom is 0.242 e. The second-order valence-electron chi connectivity index (χ2n) is 8.42. The molecule has 3 fully saturated rings. The van der Waals surface area contributed by atoms with Crippen molar-refractivity contribution in [3.63, 3.8) is 0 Å². The smallest absolute Gasteiger partial charge is 0.242 e. The van der Waals surface area contributed by atoms with Gasteiger partial charge in [-0.15, -0.1) is 0 Å². The second-order valence-corrected chi connectivity index (χ2v) is 8.42. The Morgan fingerprint density at radius 1 is 1.07 bits per heavy atom. The molecule has 0 aromatic heterocycles. The van der Waals surface area contributed by atoms with Crippen molar-refractivity contribution in [2.45, 2.75) is 69.9 Å². The van der Waals surface area contributed by atoms with E-state index < -0.39 is 0 Å². The number of carbonyl (C=O) groups excluding carboxylic acids is 2. The molecule has 0 radical (unpaired) electrons. The Labute approximate surface area is 167 Å². The lowest BCUT2D eigenvalue weighted by Gasteiger charge is -2.43.